The molecule has 0 radical (unpaired) electrons. The van der Waals surface area contributed by atoms with Crippen molar-refractivity contribution in [1.29, 1.82) is 0 Å². The molecule has 0 aliphatic rings. The summed E-state index contributed by atoms with van der Waals surface area (Å²) in [4.78, 5) is 37.3. The van der Waals surface area contributed by atoms with Gasteiger partial charge in [-0.25, -0.2) is 4.79 Å². The highest BCUT2D eigenvalue weighted by atomic mass is 16.5. The Balaban J connectivity index is 1.97. The van der Waals surface area contributed by atoms with E-state index in [1.54, 1.807) is 32.2 Å². The predicted octanol–water partition coefficient (Wildman–Crippen LogP) is 2.85. The fraction of sp³-hybridized carbons (Fsp3) is 0.250. The molecule has 2 amide bonds. The van der Waals surface area contributed by atoms with Gasteiger partial charge in [0.2, 0.25) is 5.91 Å². The maximum absolute atomic E-state index is 12.4. The number of anilines is 1. The molecular formula is C20H22N2O4. The number of hydrogen-bond acceptors (Lipinski definition) is 4. The molecule has 2 aromatic rings. The van der Waals surface area contributed by atoms with Crippen LogP contribution in [0.4, 0.5) is 5.69 Å². The lowest BCUT2D eigenvalue weighted by molar-refractivity contribution is -0.139. The van der Waals surface area contributed by atoms with Gasteiger partial charge in [-0.1, -0.05) is 36.4 Å². The molecular weight excluding hydrogens is 332 g/mol. The topological polar surface area (TPSA) is 75.7 Å². The van der Waals surface area contributed by atoms with E-state index < -0.39 is 12.1 Å². The van der Waals surface area contributed by atoms with Crippen LogP contribution >= 0.6 is 0 Å². The number of nitrogens with zero attached hydrogens (tertiary/aromatic N) is 1. The molecule has 6 heteroatoms. The van der Waals surface area contributed by atoms with E-state index in [1.807, 2.05) is 30.3 Å². The Morgan fingerprint density at radius 1 is 1.08 bits per heavy atom. The third-order valence-corrected chi connectivity index (χ3v) is 3.69. The predicted molar refractivity (Wildman–Crippen MR) is 98.5 cm³/mol. The van der Waals surface area contributed by atoms with Crippen molar-refractivity contribution in [2.45, 2.75) is 26.5 Å². The van der Waals surface area contributed by atoms with Gasteiger partial charge < -0.3 is 15.0 Å². The van der Waals surface area contributed by atoms with Gasteiger partial charge >= 0.3 is 5.97 Å². The minimum Gasteiger partial charge on any atom is -0.449 e. The summed E-state index contributed by atoms with van der Waals surface area (Å²) in [6, 6.07) is 15.9. The van der Waals surface area contributed by atoms with Gasteiger partial charge in [-0.05, 0) is 30.7 Å². The Labute approximate surface area is 152 Å². The molecule has 0 bridgehead atoms. The van der Waals surface area contributed by atoms with Crippen LogP contribution in [0.2, 0.25) is 0 Å². The molecule has 136 valence electrons. The summed E-state index contributed by atoms with van der Waals surface area (Å²) < 4.78 is 5.27. The summed E-state index contributed by atoms with van der Waals surface area (Å²) in [6.45, 7) is 3.35. The van der Waals surface area contributed by atoms with Crippen molar-refractivity contribution in [3.63, 3.8) is 0 Å². The van der Waals surface area contributed by atoms with E-state index in [2.05, 4.69) is 5.32 Å². The molecule has 1 N–H and O–H groups in total. The SMILES string of the molecule is CC(=O)Nc1cccc(C(=O)O[C@H](C)C(=O)N(C)Cc2ccccc2)c1. The second-order valence-electron chi connectivity index (χ2n) is 5.99. The molecule has 6 nitrogen and oxygen atoms in total. The van der Waals surface area contributed by atoms with E-state index in [0.717, 1.165) is 5.56 Å². The number of nitrogens with one attached hydrogen (secondary N) is 1. The average Bonchev–Trinajstić information content (AvgIpc) is 2.61. The molecule has 2 aromatic carbocycles. The molecule has 0 unspecified atom stereocenters. The first-order chi connectivity index (χ1) is 12.4. The van der Waals surface area contributed by atoms with Gasteiger partial charge in [0.15, 0.2) is 6.10 Å². The molecule has 0 heterocycles. The number of benzene rings is 2. The normalized spacial score (nSPS) is 11.3. The Bertz CT molecular complexity index is 789. The molecule has 0 aliphatic heterocycles. The zero-order chi connectivity index (χ0) is 19.1. The summed E-state index contributed by atoms with van der Waals surface area (Å²) in [6.07, 6.45) is -0.916. The van der Waals surface area contributed by atoms with Crippen LogP contribution in [-0.4, -0.2) is 35.8 Å². The first kappa shape index (κ1) is 19.2. The van der Waals surface area contributed by atoms with Gasteiger partial charge in [0.1, 0.15) is 0 Å². The number of hydrogen-bond donors (Lipinski definition) is 1. The maximum Gasteiger partial charge on any atom is 0.338 e. The number of rotatable bonds is 6. The van der Waals surface area contributed by atoms with Crippen LogP contribution in [0.15, 0.2) is 54.6 Å². The molecule has 0 aromatic heterocycles. The van der Waals surface area contributed by atoms with Crippen LogP contribution in [0, 0.1) is 0 Å². The molecule has 1 atom stereocenters. The fourth-order valence-corrected chi connectivity index (χ4v) is 2.45. The van der Waals surface area contributed by atoms with E-state index in [-0.39, 0.29) is 17.4 Å². The lowest BCUT2D eigenvalue weighted by Crippen LogP contribution is -2.37. The van der Waals surface area contributed by atoms with Crippen molar-refractivity contribution in [1.82, 2.24) is 4.90 Å². The molecule has 0 fully saturated rings. The lowest BCUT2D eigenvalue weighted by atomic mass is 10.2. The maximum atomic E-state index is 12.4. The van der Waals surface area contributed by atoms with E-state index >= 15 is 0 Å². The number of amides is 2. The molecule has 26 heavy (non-hydrogen) atoms. The zero-order valence-electron chi connectivity index (χ0n) is 15.1. The molecule has 0 aliphatic carbocycles. The Morgan fingerprint density at radius 2 is 1.77 bits per heavy atom. The first-order valence-electron chi connectivity index (χ1n) is 8.24. The smallest absolute Gasteiger partial charge is 0.338 e. The Hall–Kier alpha value is -3.15. The van der Waals surface area contributed by atoms with Gasteiger partial charge in [-0.2, -0.15) is 0 Å². The van der Waals surface area contributed by atoms with E-state index in [0.29, 0.717) is 12.2 Å². The van der Waals surface area contributed by atoms with Crippen LogP contribution in [0.3, 0.4) is 0 Å². The largest absolute Gasteiger partial charge is 0.449 e. The fourth-order valence-electron chi connectivity index (χ4n) is 2.45. The van der Waals surface area contributed by atoms with Crippen molar-refractivity contribution in [2.75, 3.05) is 12.4 Å². The Morgan fingerprint density at radius 3 is 2.42 bits per heavy atom. The third kappa shape index (κ3) is 5.44. The van der Waals surface area contributed by atoms with Gasteiger partial charge in [-0.15, -0.1) is 0 Å². The summed E-state index contributed by atoms with van der Waals surface area (Å²) in [5, 5.41) is 2.60. The van der Waals surface area contributed by atoms with Crippen molar-refractivity contribution < 1.29 is 19.1 Å². The van der Waals surface area contributed by atoms with Gasteiger partial charge in [0, 0.05) is 26.2 Å². The van der Waals surface area contributed by atoms with Crippen LogP contribution in [0.5, 0.6) is 0 Å². The third-order valence-electron chi connectivity index (χ3n) is 3.69. The second kappa shape index (κ2) is 8.80. The molecule has 0 saturated carbocycles. The highest BCUT2D eigenvalue weighted by molar-refractivity contribution is 5.95. The first-order valence-corrected chi connectivity index (χ1v) is 8.24. The van der Waals surface area contributed by atoms with Crippen LogP contribution in [0.25, 0.3) is 0 Å². The van der Waals surface area contributed by atoms with Crippen molar-refractivity contribution in [2.24, 2.45) is 0 Å². The zero-order valence-corrected chi connectivity index (χ0v) is 15.1. The summed E-state index contributed by atoms with van der Waals surface area (Å²) in [5.41, 5.74) is 1.75. The van der Waals surface area contributed by atoms with E-state index in [9.17, 15) is 14.4 Å². The molecule has 2 rings (SSSR count). The standard InChI is InChI=1S/C20H22N2O4/c1-14(19(24)22(3)13-16-8-5-4-6-9-16)26-20(25)17-10-7-11-18(12-17)21-15(2)23/h4-12,14H,13H2,1-3H3,(H,21,23)/t14-/m1/s1. The van der Waals surface area contributed by atoms with Gasteiger partial charge in [0.25, 0.3) is 5.91 Å². The molecule has 0 saturated heterocycles. The minimum absolute atomic E-state index is 0.235. The average molecular weight is 354 g/mol. The van der Waals surface area contributed by atoms with Gasteiger partial charge in [-0.3, -0.25) is 9.59 Å². The number of likely N-dealkylation sites (N-methyl/N-ethyl adjacent to an activating group) is 1. The lowest BCUT2D eigenvalue weighted by Gasteiger charge is -2.21. The van der Waals surface area contributed by atoms with E-state index in [4.69, 9.17) is 4.74 Å². The monoisotopic (exact) mass is 354 g/mol. The van der Waals surface area contributed by atoms with Crippen molar-refractivity contribution in [3.05, 3.63) is 65.7 Å². The van der Waals surface area contributed by atoms with Crippen molar-refractivity contribution >= 4 is 23.5 Å². The summed E-state index contributed by atoms with van der Waals surface area (Å²) >= 11 is 0. The summed E-state index contributed by atoms with van der Waals surface area (Å²) in [7, 11) is 1.66. The summed E-state index contributed by atoms with van der Waals surface area (Å²) in [5.74, 6) is -1.15. The number of ether oxygens (including phenoxy) is 1. The highest BCUT2D eigenvalue weighted by Crippen LogP contribution is 2.13. The van der Waals surface area contributed by atoms with Crippen LogP contribution in [-0.2, 0) is 20.9 Å². The number of esters is 1. The molecule has 0 spiro atoms. The highest BCUT2D eigenvalue weighted by Gasteiger charge is 2.22. The number of carbonyl (C=O) groups is 3. The quantitative estimate of drug-likeness (QED) is 0.810. The Kier molecular flexibility index (Phi) is 6.49. The second-order valence-corrected chi connectivity index (χ2v) is 5.99. The van der Waals surface area contributed by atoms with Gasteiger partial charge in [0.05, 0.1) is 5.56 Å². The van der Waals surface area contributed by atoms with Crippen LogP contribution in [0.1, 0.15) is 29.8 Å². The van der Waals surface area contributed by atoms with E-state index in [1.165, 1.54) is 17.9 Å². The van der Waals surface area contributed by atoms with Crippen molar-refractivity contribution in [3.8, 4) is 0 Å². The van der Waals surface area contributed by atoms with Crippen LogP contribution < -0.4 is 5.32 Å². The number of carbonyl (C=O) groups excluding carboxylic acids is 3. The minimum atomic E-state index is -0.916.